The van der Waals surface area contributed by atoms with Crippen LogP contribution in [0, 0.1) is 0 Å². The fourth-order valence-electron chi connectivity index (χ4n) is 5.85. The third kappa shape index (κ3) is 10.8. The first kappa shape index (κ1) is 37.4. The number of para-hydroxylation sites is 2. The molecule has 5 rings (SSSR count). The lowest BCUT2D eigenvalue weighted by atomic mass is 10.1. The first-order valence-corrected chi connectivity index (χ1v) is 17.5. The van der Waals surface area contributed by atoms with Crippen molar-refractivity contribution >= 4 is 40.9 Å². The molecule has 0 saturated heterocycles. The van der Waals surface area contributed by atoms with Crippen LogP contribution in [-0.2, 0) is 29.2 Å². The maximum Gasteiger partial charge on any atom is 0.321 e. The van der Waals surface area contributed by atoms with Crippen LogP contribution in [0.1, 0.15) is 50.3 Å². The zero-order chi connectivity index (χ0) is 37.1. The van der Waals surface area contributed by atoms with Gasteiger partial charge in [-0.3, -0.25) is 14.9 Å². The van der Waals surface area contributed by atoms with Crippen molar-refractivity contribution in [1.29, 1.82) is 0 Å². The average Bonchev–Trinajstić information content (AvgIpc) is 3.10. The highest BCUT2D eigenvalue weighted by atomic mass is 16.5. The number of rotatable bonds is 13. The number of benzene rings is 4. The van der Waals surface area contributed by atoms with Gasteiger partial charge < -0.3 is 30.1 Å². The van der Waals surface area contributed by atoms with Crippen molar-refractivity contribution in [3.63, 3.8) is 0 Å². The van der Waals surface area contributed by atoms with Crippen molar-refractivity contribution in [2.45, 2.75) is 58.8 Å². The van der Waals surface area contributed by atoms with Crippen LogP contribution in [0.5, 0.6) is 5.75 Å². The average molecular weight is 704 g/mol. The Morgan fingerprint density at radius 1 is 0.808 bits per heavy atom. The minimum atomic E-state index is -0.474. The van der Waals surface area contributed by atoms with Crippen LogP contribution in [0.15, 0.2) is 108 Å². The predicted octanol–water partition coefficient (Wildman–Crippen LogP) is 6.68. The van der Waals surface area contributed by atoms with Crippen LogP contribution in [0.25, 0.3) is 0 Å². The van der Waals surface area contributed by atoms with Gasteiger partial charge in [0.05, 0.1) is 30.2 Å². The Kier molecular flexibility index (Phi) is 12.5. The molecule has 0 bridgehead atoms. The topological polar surface area (TPSA) is 119 Å². The number of nitrogens with zero attached hydrogens (tertiary/aromatic N) is 4. The van der Waals surface area contributed by atoms with Gasteiger partial charge in [0, 0.05) is 44.7 Å². The van der Waals surface area contributed by atoms with E-state index in [0.717, 1.165) is 22.4 Å². The lowest BCUT2D eigenvalue weighted by molar-refractivity contribution is -0.132. The number of anilines is 2. The second-order valence-corrected chi connectivity index (χ2v) is 14.0. The highest BCUT2D eigenvalue weighted by molar-refractivity contribution is 6.02. The number of fused-ring (bicyclic) bond motifs is 1. The Morgan fingerprint density at radius 3 is 2.08 bits per heavy atom. The highest BCUT2D eigenvalue weighted by Crippen LogP contribution is 2.34. The minimum absolute atomic E-state index is 0.0493. The Labute approximate surface area is 306 Å². The SMILES string of the molecule is CN(C)c1ccccc1NC(=O)CN1Cc2c(cccc2OCCCC(=O)N(Cc2ccccc2)Cc2ccccc2)N=C1NC(=O)NC(C)(C)C. The van der Waals surface area contributed by atoms with E-state index in [0.29, 0.717) is 49.7 Å². The molecule has 0 aromatic heterocycles. The molecule has 52 heavy (non-hydrogen) atoms. The number of guanidine groups is 1. The van der Waals surface area contributed by atoms with E-state index < -0.39 is 11.6 Å². The van der Waals surface area contributed by atoms with Gasteiger partial charge in [-0.25, -0.2) is 9.79 Å². The molecule has 1 aliphatic rings. The largest absolute Gasteiger partial charge is 0.493 e. The molecule has 1 aliphatic heterocycles. The van der Waals surface area contributed by atoms with Gasteiger partial charge in [-0.05, 0) is 62.6 Å². The zero-order valence-corrected chi connectivity index (χ0v) is 30.7. The summed E-state index contributed by atoms with van der Waals surface area (Å²) < 4.78 is 6.27. The molecule has 0 spiro atoms. The number of nitrogens with one attached hydrogen (secondary N) is 3. The summed E-state index contributed by atoms with van der Waals surface area (Å²) in [4.78, 5) is 50.2. The molecule has 0 radical (unpaired) electrons. The molecule has 11 nitrogen and oxygen atoms in total. The predicted molar refractivity (Wildman–Crippen MR) is 207 cm³/mol. The van der Waals surface area contributed by atoms with E-state index in [4.69, 9.17) is 9.73 Å². The monoisotopic (exact) mass is 703 g/mol. The molecule has 0 aliphatic carbocycles. The molecule has 0 atom stereocenters. The summed E-state index contributed by atoms with van der Waals surface area (Å²) in [6.07, 6.45) is 0.841. The van der Waals surface area contributed by atoms with Crippen molar-refractivity contribution in [2.75, 3.05) is 37.5 Å². The molecule has 3 N–H and O–H groups in total. The highest BCUT2D eigenvalue weighted by Gasteiger charge is 2.27. The number of amides is 4. The maximum atomic E-state index is 13.5. The van der Waals surface area contributed by atoms with E-state index in [1.165, 1.54) is 0 Å². The molecule has 0 fully saturated rings. The summed E-state index contributed by atoms with van der Waals surface area (Å²) in [6.45, 7) is 7.22. The maximum absolute atomic E-state index is 13.5. The lowest BCUT2D eigenvalue weighted by Gasteiger charge is -2.32. The van der Waals surface area contributed by atoms with E-state index in [9.17, 15) is 14.4 Å². The second kappa shape index (κ2) is 17.4. The summed E-state index contributed by atoms with van der Waals surface area (Å²) in [5.41, 5.74) is 4.63. The fourth-order valence-corrected chi connectivity index (χ4v) is 5.85. The first-order valence-electron chi connectivity index (χ1n) is 17.5. The van der Waals surface area contributed by atoms with Crippen molar-refractivity contribution in [2.24, 2.45) is 4.99 Å². The van der Waals surface area contributed by atoms with Crippen molar-refractivity contribution in [1.82, 2.24) is 20.4 Å². The van der Waals surface area contributed by atoms with E-state index in [1.54, 1.807) is 4.90 Å². The molecule has 4 amide bonds. The Bertz CT molecular complexity index is 1810. The molecular weight excluding hydrogens is 654 g/mol. The van der Waals surface area contributed by atoms with Gasteiger partial charge in [-0.15, -0.1) is 0 Å². The van der Waals surface area contributed by atoms with Gasteiger partial charge in [0.25, 0.3) is 0 Å². The lowest BCUT2D eigenvalue weighted by Crippen LogP contribution is -2.54. The van der Waals surface area contributed by atoms with Crippen molar-refractivity contribution in [3.05, 3.63) is 120 Å². The summed E-state index contributed by atoms with van der Waals surface area (Å²) >= 11 is 0. The summed E-state index contributed by atoms with van der Waals surface area (Å²) in [5, 5.41) is 8.75. The van der Waals surface area contributed by atoms with E-state index in [-0.39, 0.29) is 30.9 Å². The fraction of sp³-hybridized carbons (Fsp3) is 0.317. The third-order valence-electron chi connectivity index (χ3n) is 8.27. The normalized spacial score (nSPS) is 12.2. The van der Waals surface area contributed by atoms with Crippen LogP contribution >= 0.6 is 0 Å². The summed E-state index contributed by atoms with van der Waals surface area (Å²) in [5.74, 6) is 0.648. The molecule has 0 saturated carbocycles. The summed E-state index contributed by atoms with van der Waals surface area (Å²) in [6, 6.07) is 32.7. The van der Waals surface area contributed by atoms with Gasteiger partial charge >= 0.3 is 6.03 Å². The van der Waals surface area contributed by atoms with Crippen LogP contribution in [0.2, 0.25) is 0 Å². The van der Waals surface area contributed by atoms with Gasteiger partial charge in [-0.1, -0.05) is 78.9 Å². The van der Waals surface area contributed by atoms with Gasteiger partial charge in [0.15, 0.2) is 0 Å². The quantitative estimate of drug-likeness (QED) is 0.134. The van der Waals surface area contributed by atoms with E-state index in [1.807, 2.05) is 148 Å². The second-order valence-electron chi connectivity index (χ2n) is 14.0. The number of hydrogen-bond acceptors (Lipinski definition) is 7. The van der Waals surface area contributed by atoms with Gasteiger partial charge in [0.1, 0.15) is 12.3 Å². The summed E-state index contributed by atoms with van der Waals surface area (Å²) in [7, 11) is 3.83. The van der Waals surface area contributed by atoms with Gasteiger partial charge in [0.2, 0.25) is 17.8 Å². The first-order chi connectivity index (χ1) is 24.9. The standard InChI is InChI=1S/C41H49N7O4/c1-41(2,3)45-40(51)44-39-43-33-21-14-23-36(32(33)28-48(39)29-37(49)42-34-20-12-13-22-35(34)46(4)5)52-25-15-24-38(50)47(26-30-16-8-6-9-17-30)27-31-18-10-7-11-19-31/h6-14,16-23H,15,24-29H2,1-5H3,(H,42,49)(H2,43,44,45,51). The van der Waals surface area contributed by atoms with Crippen LogP contribution < -0.4 is 25.6 Å². The zero-order valence-electron chi connectivity index (χ0n) is 30.7. The van der Waals surface area contributed by atoms with E-state index >= 15 is 0 Å². The van der Waals surface area contributed by atoms with Crippen molar-refractivity contribution in [3.8, 4) is 5.75 Å². The molecule has 11 heteroatoms. The number of aliphatic imine (C=N–C) groups is 1. The molecular formula is C41H49N7O4. The number of ether oxygens (including phenoxy) is 1. The Morgan fingerprint density at radius 2 is 1.44 bits per heavy atom. The van der Waals surface area contributed by atoms with Crippen LogP contribution in [-0.4, -0.2) is 66.4 Å². The number of carbonyl (C=O) groups excluding carboxylic acids is 3. The molecule has 272 valence electrons. The van der Waals surface area contributed by atoms with E-state index in [2.05, 4.69) is 16.0 Å². The molecule has 4 aromatic carbocycles. The minimum Gasteiger partial charge on any atom is -0.493 e. The molecule has 4 aromatic rings. The molecule has 1 heterocycles. The number of urea groups is 1. The molecule has 0 unspecified atom stereocenters. The van der Waals surface area contributed by atoms with Gasteiger partial charge in [-0.2, -0.15) is 0 Å². The third-order valence-corrected chi connectivity index (χ3v) is 8.27. The van der Waals surface area contributed by atoms with Crippen LogP contribution in [0.3, 0.4) is 0 Å². The Hall–Kier alpha value is -5.84. The van der Waals surface area contributed by atoms with Crippen molar-refractivity contribution < 1.29 is 19.1 Å². The van der Waals surface area contributed by atoms with Crippen LogP contribution in [0.4, 0.5) is 21.9 Å². The number of carbonyl (C=O) groups is 3. The Balaban J connectivity index is 1.27. The number of hydrogen-bond donors (Lipinski definition) is 3. The smallest absolute Gasteiger partial charge is 0.321 e.